The number of carbonyl (C=O) groups excluding carboxylic acids is 2. The monoisotopic (exact) mass is 796 g/mol. The maximum absolute atomic E-state index is 12.6. The van der Waals surface area contributed by atoms with Crippen LogP contribution in [0.15, 0.2) is 48.6 Å². The summed E-state index contributed by atoms with van der Waals surface area (Å²) < 4.78 is 33.8. The van der Waals surface area contributed by atoms with Crippen molar-refractivity contribution >= 4 is 19.8 Å². The van der Waals surface area contributed by atoms with Crippen LogP contribution in [0.2, 0.25) is 0 Å². The van der Waals surface area contributed by atoms with Gasteiger partial charge in [0.15, 0.2) is 6.10 Å². The third kappa shape index (κ3) is 41.4. The Hall–Kier alpha value is -2.03. The molecule has 0 radical (unpaired) electrons. The molecule has 0 spiro atoms. The van der Waals surface area contributed by atoms with E-state index in [4.69, 9.17) is 18.5 Å². The summed E-state index contributed by atoms with van der Waals surface area (Å²) in [5, 5.41) is 0. The number of esters is 2. The van der Waals surface area contributed by atoms with Crippen LogP contribution in [0.4, 0.5) is 0 Å². The Morgan fingerprint density at radius 2 is 0.982 bits per heavy atom. The van der Waals surface area contributed by atoms with Gasteiger partial charge in [0.1, 0.15) is 19.8 Å². The molecule has 0 aliphatic carbocycles. The van der Waals surface area contributed by atoms with E-state index in [1.807, 2.05) is 21.1 Å². The van der Waals surface area contributed by atoms with Crippen molar-refractivity contribution in [3.63, 3.8) is 0 Å². The molecule has 0 aromatic rings. The van der Waals surface area contributed by atoms with Gasteiger partial charge < -0.3 is 27.9 Å². The second-order valence-corrected chi connectivity index (χ2v) is 17.1. The molecular formula is C45H82NO8P. The molecule has 0 heterocycles. The van der Waals surface area contributed by atoms with Crippen LogP contribution in [0.5, 0.6) is 0 Å². The topological polar surface area (TPSA) is 111 Å². The molecule has 0 N–H and O–H groups in total. The van der Waals surface area contributed by atoms with Gasteiger partial charge in [-0.15, -0.1) is 0 Å². The molecule has 1 unspecified atom stereocenters. The van der Waals surface area contributed by atoms with Crippen LogP contribution in [0.25, 0.3) is 0 Å². The van der Waals surface area contributed by atoms with Gasteiger partial charge in [0, 0.05) is 12.8 Å². The lowest BCUT2D eigenvalue weighted by atomic mass is 10.0. The molecule has 0 fully saturated rings. The highest BCUT2D eigenvalue weighted by atomic mass is 31.2. The number of allylic oxidation sites excluding steroid dienone is 8. The van der Waals surface area contributed by atoms with Crippen LogP contribution in [-0.2, 0) is 32.7 Å². The van der Waals surface area contributed by atoms with Crippen LogP contribution in [-0.4, -0.2) is 70.0 Å². The molecule has 0 saturated heterocycles. The average Bonchev–Trinajstić information content (AvgIpc) is 3.13. The van der Waals surface area contributed by atoms with Crippen molar-refractivity contribution in [2.45, 2.75) is 180 Å². The summed E-state index contributed by atoms with van der Waals surface area (Å²) in [4.78, 5) is 37.5. The number of carbonyl (C=O) groups is 2. The Bertz CT molecular complexity index is 1080. The number of phosphoric ester groups is 1. The van der Waals surface area contributed by atoms with Gasteiger partial charge in [0.2, 0.25) is 0 Å². The van der Waals surface area contributed by atoms with E-state index < -0.39 is 32.5 Å². The fraction of sp³-hybridized carbons (Fsp3) is 0.778. The van der Waals surface area contributed by atoms with Crippen LogP contribution in [0, 0.1) is 0 Å². The molecule has 55 heavy (non-hydrogen) atoms. The van der Waals surface area contributed by atoms with Crippen molar-refractivity contribution < 1.29 is 42.1 Å². The molecule has 0 aromatic carbocycles. The Morgan fingerprint density at radius 1 is 0.564 bits per heavy atom. The molecule has 0 aromatic heterocycles. The van der Waals surface area contributed by atoms with E-state index in [9.17, 15) is 19.0 Å². The van der Waals surface area contributed by atoms with Gasteiger partial charge in [-0.3, -0.25) is 14.2 Å². The highest BCUT2D eigenvalue weighted by molar-refractivity contribution is 7.45. The summed E-state index contributed by atoms with van der Waals surface area (Å²) in [6.07, 6.45) is 42.8. The fourth-order valence-corrected chi connectivity index (χ4v) is 6.37. The zero-order chi connectivity index (χ0) is 40.7. The van der Waals surface area contributed by atoms with Crippen molar-refractivity contribution in [1.82, 2.24) is 0 Å². The second-order valence-electron chi connectivity index (χ2n) is 15.7. The van der Waals surface area contributed by atoms with Crippen LogP contribution >= 0.6 is 7.82 Å². The minimum absolute atomic E-state index is 0.0366. The average molecular weight is 796 g/mol. The minimum atomic E-state index is -4.63. The number of nitrogens with zero attached hydrogens (tertiary/aromatic N) is 1. The molecule has 10 heteroatoms. The number of rotatable bonds is 39. The van der Waals surface area contributed by atoms with E-state index in [0.717, 1.165) is 57.8 Å². The Morgan fingerprint density at radius 3 is 1.49 bits per heavy atom. The molecular weight excluding hydrogens is 713 g/mol. The summed E-state index contributed by atoms with van der Waals surface area (Å²) >= 11 is 0. The fourth-order valence-electron chi connectivity index (χ4n) is 5.64. The van der Waals surface area contributed by atoms with Crippen LogP contribution < -0.4 is 4.89 Å². The van der Waals surface area contributed by atoms with Crippen molar-refractivity contribution in [2.24, 2.45) is 0 Å². The molecule has 320 valence electrons. The Kier molecular flexibility index (Phi) is 36.2. The van der Waals surface area contributed by atoms with Gasteiger partial charge in [0.05, 0.1) is 27.7 Å². The Balaban J connectivity index is 4.41. The summed E-state index contributed by atoms with van der Waals surface area (Å²) in [5.74, 6) is -0.871. The lowest BCUT2D eigenvalue weighted by Gasteiger charge is -2.28. The van der Waals surface area contributed by atoms with E-state index in [0.29, 0.717) is 23.9 Å². The first-order valence-corrected chi connectivity index (χ1v) is 23.3. The van der Waals surface area contributed by atoms with Crippen molar-refractivity contribution in [1.29, 1.82) is 0 Å². The standard InChI is InChI=1S/C45H82NO8P/c1-6-8-10-12-14-16-18-20-21-22-23-24-25-26-28-29-31-33-35-37-44(47)51-41-43(42-53-55(49,50)52-40-39-46(3,4)5)54-45(48)38-36-34-32-30-27-19-17-15-13-11-9-7-2/h14,16,20-21,23-24,26,28,43H,6-13,15,17-19,22,25,27,29-42H2,1-5H3/b16-14-,21-20-,24-23-,28-26-/t43-/m1/s1. The molecule has 0 bridgehead atoms. The zero-order valence-electron chi connectivity index (χ0n) is 35.9. The number of quaternary nitrogens is 1. The number of hydrogen-bond donors (Lipinski definition) is 0. The molecule has 0 aliphatic rings. The number of hydrogen-bond acceptors (Lipinski definition) is 8. The molecule has 9 nitrogen and oxygen atoms in total. The van der Waals surface area contributed by atoms with Gasteiger partial charge in [-0.05, 0) is 57.8 Å². The molecule has 0 aliphatic heterocycles. The van der Waals surface area contributed by atoms with Gasteiger partial charge in [-0.2, -0.15) is 0 Å². The Labute approximate surface area is 337 Å². The second kappa shape index (κ2) is 37.5. The van der Waals surface area contributed by atoms with Crippen LogP contribution in [0.3, 0.4) is 0 Å². The summed E-state index contributed by atoms with van der Waals surface area (Å²) in [6.45, 7) is 4.15. The van der Waals surface area contributed by atoms with E-state index in [2.05, 4.69) is 62.5 Å². The van der Waals surface area contributed by atoms with Crippen molar-refractivity contribution in [2.75, 3.05) is 47.5 Å². The maximum Gasteiger partial charge on any atom is 0.306 e. The van der Waals surface area contributed by atoms with Gasteiger partial charge in [0.25, 0.3) is 7.82 Å². The number of unbranched alkanes of at least 4 members (excludes halogenated alkanes) is 17. The van der Waals surface area contributed by atoms with E-state index in [1.54, 1.807) is 0 Å². The van der Waals surface area contributed by atoms with E-state index in [1.165, 1.54) is 77.0 Å². The van der Waals surface area contributed by atoms with Crippen LogP contribution in [0.1, 0.15) is 174 Å². The zero-order valence-corrected chi connectivity index (χ0v) is 36.8. The van der Waals surface area contributed by atoms with Gasteiger partial charge >= 0.3 is 11.9 Å². The lowest BCUT2D eigenvalue weighted by Crippen LogP contribution is -2.37. The molecule has 0 rings (SSSR count). The summed E-state index contributed by atoms with van der Waals surface area (Å²) in [5.41, 5.74) is 0. The smallest absolute Gasteiger partial charge is 0.306 e. The summed E-state index contributed by atoms with van der Waals surface area (Å²) in [6, 6.07) is 0. The first-order chi connectivity index (χ1) is 26.5. The highest BCUT2D eigenvalue weighted by Crippen LogP contribution is 2.38. The molecule has 0 saturated carbocycles. The predicted octanol–water partition coefficient (Wildman–Crippen LogP) is 11.7. The first kappa shape index (κ1) is 53.0. The SMILES string of the molecule is CCCCC/C=C\C/C=C\C/C=C\C/C=C\CCCCCC(=O)OC[C@H](COP(=O)([O-])OCC[N+](C)(C)C)OC(=O)CCCCCCCCCCCCCC. The van der Waals surface area contributed by atoms with Crippen molar-refractivity contribution in [3.8, 4) is 0 Å². The quantitative estimate of drug-likeness (QED) is 0.0199. The van der Waals surface area contributed by atoms with E-state index in [-0.39, 0.29) is 26.1 Å². The largest absolute Gasteiger partial charge is 0.756 e. The number of phosphoric acid groups is 1. The molecule has 2 atom stereocenters. The lowest BCUT2D eigenvalue weighted by molar-refractivity contribution is -0.870. The number of ether oxygens (including phenoxy) is 2. The summed E-state index contributed by atoms with van der Waals surface area (Å²) in [7, 11) is 1.14. The normalized spacial score (nSPS) is 14.1. The van der Waals surface area contributed by atoms with Gasteiger partial charge in [-0.1, -0.05) is 152 Å². The van der Waals surface area contributed by atoms with E-state index >= 15 is 0 Å². The maximum atomic E-state index is 12.6. The molecule has 0 amide bonds. The van der Waals surface area contributed by atoms with Crippen molar-refractivity contribution in [3.05, 3.63) is 48.6 Å². The predicted molar refractivity (Wildman–Crippen MR) is 227 cm³/mol. The minimum Gasteiger partial charge on any atom is -0.756 e. The highest BCUT2D eigenvalue weighted by Gasteiger charge is 2.21. The van der Waals surface area contributed by atoms with Gasteiger partial charge in [-0.25, -0.2) is 0 Å². The third-order valence-electron chi connectivity index (χ3n) is 9.10. The third-order valence-corrected chi connectivity index (χ3v) is 10.1. The first-order valence-electron chi connectivity index (χ1n) is 21.8. The number of likely N-dealkylation sites (N-methyl/N-ethyl adjacent to an activating group) is 1.